The molecule has 3 aliphatic rings. The van der Waals surface area contributed by atoms with Gasteiger partial charge in [-0.1, -0.05) is 12.2 Å². The van der Waals surface area contributed by atoms with E-state index < -0.39 is 17.9 Å². The van der Waals surface area contributed by atoms with Crippen molar-refractivity contribution in [3.05, 3.63) is 36.7 Å². The molecule has 0 radical (unpaired) electrons. The maximum Gasteiger partial charge on any atom is 0.412 e. The summed E-state index contributed by atoms with van der Waals surface area (Å²) in [7, 11) is 0. The fourth-order valence-electron chi connectivity index (χ4n) is 4.88. The molecule has 0 unspecified atom stereocenters. The molecule has 2 aliphatic carbocycles. The number of halogens is 4. The summed E-state index contributed by atoms with van der Waals surface area (Å²) in [6.45, 7) is 5.31. The van der Waals surface area contributed by atoms with Gasteiger partial charge in [0.2, 0.25) is 0 Å². The molecule has 1 saturated heterocycles. The first-order valence-electron chi connectivity index (χ1n) is 10.8. The molecule has 3 rings (SSSR count). The predicted octanol–water partition coefficient (Wildman–Crippen LogP) is 6.75. The molecule has 0 atom stereocenters. The van der Waals surface area contributed by atoms with Crippen molar-refractivity contribution in [2.24, 2.45) is 29.6 Å². The predicted molar refractivity (Wildman–Crippen MR) is 105 cm³/mol. The lowest BCUT2D eigenvalue weighted by Crippen LogP contribution is -2.36. The van der Waals surface area contributed by atoms with Gasteiger partial charge in [0.1, 0.15) is 5.83 Å². The lowest BCUT2D eigenvalue weighted by Gasteiger charge is -2.36. The van der Waals surface area contributed by atoms with Gasteiger partial charge >= 0.3 is 6.18 Å². The van der Waals surface area contributed by atoms with Crippen LogP contribution in [0, 0.1) is 29.6 Å². The minimum Gasteiger partial charge on any atom is -0.349 e. The van der Waals surface area contributed by atoms with Gasteiger partial charge in [-0.2, -0.15) is 13.2 Å². The van der Waals surface area contributed by atoms with Gasteiger partial charge in [0.15, 0.2) is 6.29 Å². The SMILES string of the molecule is C=CC1CCC(C2COC(C=CC3CCC(C(F)=CC(F)(F)F)CC3)OC2)CC1. The fraction of sp³-hybridized carbons (Fsp3) is 0.739. The zero-order valence-corrected chi connectivity index (χ0v) is 16.9. The zero-order valence-electron chi connectivity index (χ0n) is 16.9. The van der Waals surface area contributed by atoms with Gasteiger partial charge < -0.3 is 9.47 Å². The van der Waals surface area contributed by atoms with Crippen LogP contribution in [-0.2, 0) is 9.47 Å². The molecule has 0 amide bonds. The van der Waals surface area contributed by atoms with Gasteiger partial charge in [0.05, 0.1) is 19.3 Å². The number of rotatable bonds is 5. The standard InChI is InChI=1S/C23H32F4O2/c1-2-16-3-8-18(9-4-16)20-14-28-22(29-15-20)12-7-17-5-10-19(11-6-17)21(24)13-23(25,26)27/h2,7,12-13,16-20,22H,1,3-6,8-11,14-15H2. The van der Waals surface area contributed by atoms with E-state index in [-0.39, 0.29) is 18.3 Å². The molecule has 0 bridgehead atoms. The van der Waals surface area contributed by atoms with E-state index in [1.165, 1.54) is 25.7 Å². The number of hydrogen-bond donors (Lipinski definition) is 0. The fourth-order valence-corrected chi connectivity index (χ4v) is 4.88. The van der Waals surface area contributed by atoms with Crippen LogP contribution in [0.3, 0.4) is 0 Å². The number of hydrogen-bond acceptors (Lipinski definition) is 2. The van der Waals surface area contributed by atoms with Crippen molar-refractivity contribution in [2.75, 3.05) is 13.2 Å². The highest BCUT2D eigenvalue weighted by molar-refractivity contribution is 5.04. The number of alkyl halides is 3. The molecular weight excluding hydrogens is 384 g/mol. The minimum absolute atomic E-state index is 0.197. The van der Waals surface area contributed by atoms with Crippen molar-refractivity contribution in [1.29, 1.82) is 0 Å². The average Bonchev–Trinajstić information content (AvgIpc) is 2.72. The first-order chi connectivity index (χ1) is 13.8. The highest BCUT2D eigenvalue weighted by Gasteiger charge is 2.32. The Balaban J connectivity index is 1.37. The molecule has 2 nitrogen and oxygen atoms in total. The molecule has 0 aromatic rings. The zero-order chi connectivity index (χ0) is 20.9. The first-order valence-corrected chi connectivity index (χ1v) is 10.8. The van der Waals surface area contributed by atoms with Crippen LogP contribution < -0.4 is 0 Å². The topological polar surface area (TPSA) is 18.5 Å². The largest absolute Gasteiger partial charge is 0.412 e. The normalized spacial score (nSPS) is 37.6. The van der Waals surface area contributed by atoms with Gasteiger partial charge in [-0.25, -0.2) is 4.39 Å². The Bertz CT molecular complexity index is 574. The highest BCUT2D eigenvalue weighted by Crippen LogP contribution is 2.37. The van der Waals surface area contributed by atoms with E-state index in [9.17, 15) is 17.6 Å². The molecule has 0 N–H and O–H groups in total. The average molecular weight is 416 g/mol. The first kappa shape index (κ1) is 22.5. The Morgan fingerprint density at radius 2 is 1.38 bits per heavy atom. The molecule has 164 valence electrons. The summed E-state index contributed by atoms with van der Waals surface area (Å²) in [5.74, 6) is 0.353. The van der Waals surface area contributed by atoms with Crippen molar-refractivity contribution in [3.63, 3.8) is 0 Å². The second-order valence-electron chi connectivity index (χ2n) is 8.77. The van der Waals surface area contributed by atoms with Crippen LogP contribution in [0.25, 0.3) is 0 Å². The summed E-state index contributed by atoms with van der Waals surface area (Å²) in [5.41, 5.74) is 0. The van der Waals surface area contributed by atoms with E-state index in [1.54, 1.807) is 0 Å². The van der Waals surface area contributed by atoms with Crippen molar-refractivity contribution in [2.45, 2.75) is 63.8 Å². The van der Waals surface area contributed by atoms with E-state index in [2.05, 4.69) is 12.7 Å². The molecule has 1 heterocycles. The van der Waals surface area contributed by atoms with Gasteiger partial charge in [-0.3, -0.25) is 0 Å². The van der Waals surface area contributed by atoms with Crippen LogP contribution in [0.2, 0.25) is 0 Å². The molecular formula is C23H32F4O2. The van der Waals surface area contributed by atoms with E-state index in [1.807, 2.05) is 12.2 Å². The molecule has 29 heavy (non-hydrogen) atoms. The molecule has 0 aromatic heterocycles. The Hall–Kier alpha value is -1.14. The third-order valence-corrected chi connectivity index (χ3v) is 6.77. The maximum absolute atomic E-state index is 13.7. The van der Waals surface area contributed by atoms with Crippen molar-refractivity contribution in [1.82, 2.24) is 0 Å². The summed E-state index contributed by atoms with van der Waals surface area (Å²) in [4.78, 5) is 0. The second kappa shape index (κ2) is 10.3. The summed E-state index contributed by atoms with van der Waals surface area (Å²) in [6, 6.07) is 0. The number of allylic oxidation sites excluding steroid dienone is 4. The monoisotopic (exact) mass is 416 g/mol. The summed E-state index contributed by atoms with van der Waals surface area (Å²) < 4.78 is 62.3. The van der Waals surface area contributed by atoms with Gasteiger partial charge in [-0.15, -0.1) is 6.58 Å². The van der Waals surface area contributed by atoms with E-state index >= 15 is 0 Å². The molecule has 0 spiro atoms. The summed E-state index contributed by atoms with van der Waals surface area (Å²) in [6.07, 6.45) is 7.94. The van der Waals surface area contributed by atoms with E-state index in [4.69, 9.17) is 9.47 Å². The van der Waals surface area contributed by atoms with Gasteiger partial charge in [-0.05, 0) is 75.2 Å². The summed E-state index contributed by atoms with van der Waals surface area (Å²) >= 11 is 0. The van der Waals surface area contributed by atoms with Crippen LogP contribution >= 0.6 is 0 Å². The minimum atomic E-state index is -4.58. The maximum atomic E-state index is 13.7. The van der Waals surface area contributed by atoms with Crippen LogP contribution in [0.5, 0.6) is 0 Å². The van der Waals surface area contributed by atoms with Crippen molar-refractivity contribution >= 4 is 0 Å². The Morgan fingerprint density at radius 3 is 1.93 bits per heavy atom. The molecule has 1 aliphatic heterocycles. The Labute approximate surface area is 171 Å². The lowest BCUT2D eigenvalue weighted by molar-refractivity contribution is -0.185. The molecule has 2 saturated carbocycles. The highest BCUT2D eigenvalue weighted by atomic mass is 19.4. The van der Waals surface area contributed by atoms with Crippen LogP contribution in [0.1, 0.15) is 51.4 Å². The van der Waals surface area contributed by atoms with Crippen LogP contribution in [0.4, 0.5) is 17.6 Å². The second-order valence-corrected chi connectivity index (χ2v) is 8.77. The van der Waals surface area contributed by atoms with Crippen LogP contribution in [0.15, 0.2) is 36.7 Å². The molecule has 6 heteroatoms. The molecule has 3 fully saturated rings. The van der Waals surface area contributed by atoms with Crippen LogP contribution in [-0.4, -0.2) is 25.7 Å². The third-order valence-electron chi connectivity index (χ3n) is 6.77. The lowest BCUT2D eigenvalue weighted by atomic mass is 9.76. The van der Waals surface area contributed by atoms with Gasteiger partial charge in [0.25, 0.3) is 0 Å². The quantitative estimate of drug-likeness (QED) is 0.365. The van der Waals surface area contributed by atoms with E-state index in [0.717, 1.165) is 0 Å². The smallest absolute Gasteiger partial charge is 0.349 e. The van der Waals surface area contributed by atoms with E-state index in [0.29, 0.717) is 56.7 Å². The van der Waals surface area contributed by atoms with Crippen molar-refractivity contribution in [3.8, 4) is 0 Å². The van der Waals surface area contributed by atoms with Gasteiger partial charge in [0, 0.05) is 11.8 Å². The Morgan fingerprint density at radius 1 is 0.793 bits per heavy atom. The Kier molecular flexibility index (Phi) is 7.97. The molecule has 0 aromatic carbocycles. The number of ether oxygens (including phenoxy) is 2. The third kappa shape index (κ3) is 6.95. The summed E-state index contributed by atoms with van der Waals surface area (Å²) in [5, 5.41) is 0. The van der Waals surface area contributed by atoms with Crippen molar-refractivity contribution < 1.29 is 27.0 Å².